The zero-order chi connectivity index (χ0) is 20.9. The summed E-state index contributed by atoms with van der Waals surface area (Å²) in [5.74, 6) is 0.916. The molecular weight excluding hydrogens is 366 g/mol. The molecule has 160 valence electrons. The van der Waals surface area contributed by atoms with Gasteiger partial charge in [0.2, 0.25) is 0 Å². The molecule has 2 aliphatic rings. The molecule has 2 unspecified atom stereocenters. The van der Waals surface area contributed by atoms with Crippen molar-refractivity contribution in [2.75, 3.05) is 46.5 Å². The lowest BCUT2D eigenvalue weighted by Crippen LogP contribution is -2.43. The van der Waals surface area contributed by atoms with E-state index in [0.29, 0.717) is 6.54 Å². The highest BCUT2D eigenvalue weighted by molar-refractivity contribution is 5.82. The van der Waals surface area contributed by atoms with Gasteiger partial charge in [0.1, 0.15) is 0 Å². The van der Waals surface area contributed by atoms with Gasteiger partial charge in [0, 0.05) is 38.3 Å². The van der Waals surface area contributed by atoms with E-state index in [1.165, 1.54) is 18.2 Å². The van der Waals surface area contributed by atoms with Gasteiger partial charge in [-0.15, -0.1) is 0 Å². The van der Waals surface area contributed by atoms with Crippen LogP contribution in [0.2, 0.25) is 0 Å². The standard InChI is InChI=1S/C23H35N3O3/c1-5-24-22(26-14-18(3)19(15-26)21(27)28-4)25-16-23(10-12-29-13-11-23)20-9-7-6-8-17(20)2/h6-9,18-19H,5,10-16H2,1-4H3,(H,24,25). The first-order chi connectivity index (χ1) is 14.0. The summed E-state index contributed by atoms with van der Waals surface area (Å²) < 4.78 is 10.7. The number of esters is 1. The minimum atomic E-state index is -0.128. The first kappa shape index (κ1) is 21.6. The molecule has 0 saturated carbocycles. The summed E-state index contributed by atoms with van der Waals surface area (Å²) in [7, 11) is 1.47. The van der Waals surface area contributed by atoms with Crippen molar-refractivity contribution in [3.63, 3.8) is 0 Å². The molecule has 0 radical (unpaired) electrons. The van der Waals surface area contributed by atoms with Crippen molar-refractivity contribution in [3.8, 4) is 0 Å². The average Bonchev–Trinajstić information content (AvgIpc) is 3.13. The van der Waals surface area contributed by atoms with E-state index in [1.54, 1.807) is 0 Å². The van der Waals surface area contributed by atoms with E-state index in [-0.39, 0.29) is 23.2 Å². The number of carbonyl (C=O) groups is 1. The summed E-state index contributed by atoms with van der Waals surface area (Å²) >= 11 is 0. The molecule has 2 saturated heterocycles. The number of rotatable bonds is 5. The molecule has 1 aromatic carbocycles. The Morgan fingerprint density at radius 2 is 2.03 bits per heavy atom. The predicted molar refractivity (Wildman–Crippen MR) is 115 cm³/mol. The third kappa shape index (κ3) is 4.74. The topological polar surface area (TPSA) is 63.2 Å². The largest absolute Gasteiger partial charge is 0.469 e. The van der Waals surface area contributed by atoms with Gasteiger partial charge in [-0.05, 0) is 43.7 Å². The second-order valence-electron chi connectivity index (χ2n) is 8.39. The number of benzene rings is 1. The molecule has 1 N–H and O–H groups in total. The van der Waals surface area contributed by atoms with Gasteiger partial charge in [0.15, 0.2) is 5.96 Å². The van der Waals surface area contributed by atoms with E-state index in [1.807, 2.05) is 0 Å². The number of aryl methyl sites for hydroxylation is 1. The zero-order valence-corrected chi connectivity index (χ0v) is 18.2. The quantitative estimate of drug-likeness (QED) is 0.467. The second-order valence-corrected chi connectivity index (χ2v) is 8.39. The molecule has 2 atom stereocenters. The number of nitrogens with zero attached hydrogens (tertiary/aromatic N) is 2. The highest BCUT2D eigenvalue weighted by atomic mass is 16.5. The van der Waals surface area contributed by atoms with Gasteiger partial charge in [-0.2, -0.15) is 0 Å². The Morgan fingerprint density at radius 1 is 1.31 bits per heavy atom. The van der Waals surface area contributed by atoms with Gasteiger partial charge in [-0.1, -0.05) is 31.2 Å². The van der Waals surface area contributed by atoms with Gasteiger partial charge >= 0.3 is 5.97 Å². The summed E-state index contributed by atoms with van der Waals surface area (Å²) in [6, 6.07) is 8.65. The number of guanidine groups is 1. The Morgan fingerprint density at radius 3 is 2.69 bits per heavy atom. The smallest absolute Gasteiger partial charge is 0.310 e. The van der Waals surface area contributed by atoms with Crippen molar-refractivity contribution in [1.29, 1.82) is 0 Å². The van der Waals surface area contributed by atoms with E-state index in [4.69, 9.17) is 14.5 Å². The lowest BCUT2D eigenvalue weighted by Gasteiger charge is -2.38. The molecule has 0 aromatic heterocycles. The van der Waals surface area contributed by atoms with Crippen LogP contribution < -0.4 is 5.32 Å². The number of nitrogens with one attached hydrogen (secondary N) is 1. The molecule has 2 aliphatic heterocycles. The Labute approximate surface area is 174 Å². The monoisotopic (exact) mass is 401 g/mol. The van der Waals surface area contributed by atoms with Gasteiger partial charge in [-0.25, -0.2) is 0 Å². The van der Waals surface area contributed by atoms with E-state index >= 15 is 0 Å². The van der Waals surface area contributed by atoms with Gasteiger partial charge < -0.3 is 19.7 Å². The van der Waals surface area contributed by atoms with Crippen molar-refractivity contribution < 1.29 is 14.3 Å². The van der Waals surface area contributed by atoms with Crippen molar-refractivity contribution in [3.05, 3.63) is 35.4 Å². The van der Waals surface area contributed by atoms with Crippen LogP contribution in [0.1, 0.15) is 37.8 Å². The van der Waals surface area contributed by atoms with Crippen LogP contribution in [-0.4, -0.2) is 63.3 Å². The van der Waals surface area contributed by atoms with Gasteiger partial charge in [-0.3, -0.25) is 9.79 Å². The Hall–Kier alpha value is -2.08. The van der Waals surface area contributed by atoms with Crippen LogP contribution in [0.5, 0.6) is 0 Å². The molecule has 2 fully saturated rings. The SMILES string of the molecule is CCNC(=NCC1(c2ccccc2C)CCOCC1)N1CC(C)C(C(=O)OC)C1. The number of methoxy groups -OCH3 is 1. The summed E-state index contributed by atoms with van der Waals surface area (Å²) in [5.41, 5.74) is 2.69. The number of likely N-dealkylation sites (tertiary alicyclic amines) is 1. The first-order valence-electron chi connectivity index (χ1n) is 10.8. The lowest BCUT2D eigenvalue weighted by atomic mass is 9.72. The molecule has 0 aliphatic carbocycles. The fraction of sp³-hybridized carbons (Fsp3) is 0.652. The Balaban J connectivity index is 1.84. The molecule has 29 heavy (non-hydrogen) atoms. The van der Waals surface area contributed by atoms with Crippen LogP contribution in [0.3, 0.4) is 0 Å². The van der Waals surface area contributed by atoms with Gasteiger partial charge in [0.25, 0.3) is 0 Å². The van der Waals surface area contributed by atoms with Crippen LogP contribution in [0.4, 0.5) is 0 Å². The molecule has 6 nitrogen and oxygen atoms in total. The molecule has 1 aromatic rings. The van der Waals surface area contributed by atoms with Crippen LogP contribution in [0, 0.1) is 18.8 Å². The highest BCUT2D eigenvalue weighted by Crippen LogP contribution is 2.37. The fourth-order valence-electron chi connectivity index (χ4n) is 4.69. The Kier molecular flexibility index (Phi) is 7.17. The normalized spacial score (nSPS) is 24.4. The highest BCUT2D eigenvalue weighted by Gasteiger charge is 2.38. The number of hydrogen-bond acceptors (Lipinski definition) is 4. The van der Waals surface area contributed by atoms with Crippen LogP contribution in [0.15, 0.2) is 29.3 Å². The van der Waals surface area contributed by atoms with Crippen molar-refractivity contribution in [2.45, 2.75) is 39.0 Å². The summed E-state index contributed by atoms with van der Waals surface area (Å²) in [4.78, 5) is 19.4. The van der Waals surface area contributed by atoms with Crippen molar-refractivity contribution >= 4 is 11.9 Å². The molecule has 2 heterocycles. The number of aliphatic imine (C=N–C) groups is 1. The second kappa shape index (κ2) is 9.61. The van der Waals surface area contributed by atoms with Crippen molar-refractivity contribution in [1.82, 2.24) is 10.2 Å². The number of carbonyl (C=O) groups excluding carboxylic acids is 1. The first-order valence-corrected chi connectivity index (χ1v) is 10.8. The van der Waals surface area contributed by atoms with Crippen LogP contribution >= 0.6 is 0 Å². The molecular formula is C23H35N3O3. The van der Waals surface area contributed by atoms with Gasteiger partial charge in [0.05, 0.1) is 19.6 Å². The average molecular weight is 402 g/mol. The third-order valence-corrected chi connectivity index (χ3v) is 6.45. The molecule has 0 bridgehead atoms. The summed E-state index contributed by atoms with van der Waals surface area (Å²) in [6.45, 7) is 10.9. The van der Waals surface area contributed by atoms with E-state index in [0.717, 1.165) is 51.6 Å². The maximum absolute atomic E-state index is 12.1. The van der Waals surface area contributed by atoms with Crippen LogP contribution in [0.25, 0.3) is 0 Å². The van der Waals surface area contributed by atoms with Crippen molar-refractivity contribution in [2.24, 2.45) is 16.8 Å². The maximum atomic E-state index is 12.1. The summed E-state index contributed by atoms with van der Waals surface area (Å²) in [5, 5.41) is 3.44. The summed E-state index contributed by atoms with van der Waals surface area (Å²) in [6.07, 6.45) is 1.95. The Bertz CT molecular complexity index is 728. The van der Waals surface area contributed by atoms with E-state index in [2.05, 4.69) is 55.3 Å². The minimum absolute atomic E-state index is 0.00262. The molecule has 6 heteroatoms. The molecule has 0 amide bonds. The molecule has 0 spiro atoms. The lowest BCUT2D eigenvalue weighted by molar-refractivity contribution is -0.145. The van der Waals surface area contributed by atoms with E-state index < -0.39 is 0 Å². The third-order valence-electron chi connectivity index (χ3n) is 6.45. The number of ether oxygens (including phenoxy) is 2. The maximum Gasteiger partial charge on any atom is 0.310 e. The predicted octanol–water partition coefficient (Wildman–Crippen LogP) is 2.75. The van der Waals surface area contributed by atoms with E-state index in [9.17, 15) is 4.79 Å². The number of hydrogen-bond donors (Lipinski definition) is 1. The fourth-order valence-corrected chi connectivity index (χ4v) is 4.69. The molecule has 3 rings (SSSR count). The zero-order valence-electron chi connectivity index (χ0n) is 18.2. The minimum Gasteiger partial charge on any atom is -0.469 e. The van der Waals surface area contributed by atoms with Crippen LogP contribution in [-0.2, 0) is 19.7 Å².